The maximum atomic E-state index is 5.73. The Hall–Kier alpha value is -1.67. The molecule has 1 fully saturated rings. The monoisotopic (exact) mass is 325 g/mol. The predicted octanol–water partition coefficient (Wildman–Crippen LogP) is 0.876. The molecule has 2 rings (SSSR count). The lowest BCUT2D eigenvalue weighted by Gasteiger charge is -2.21. The molecule has 2 N–H and O–H groups in total. The highest BCUT2D eigenvalue weighted by atomic mass is 16.5. The van der Waals surface area contributed by atoms with Crippen LogP contribution in [0.1, 0.15) is 31.0 Å². The lowest BCUT2D eigenvalue weighted by atomic mass is 10.0. The lowest BCUT2D eigenvalue weighted by molar-refractivity contribution is 0.0203. The summed E-state index contributed by atoms with van der Waals surface area (Å²) >= 11 is 0. The molecule has 0 aliphatic carbocycles. The van der Waals surface area contributed by atoms with E-state index in [0.717, 1.165) is 52.2 Å². The third-order valence-corrected chi connectivity index (χ3v) is 3.65. The van der Waals surface area contributed by atoms with E-state index < -0.39 is 0 Å². The molecular weight excluding hydrogens is 298 g/mol. The molecular formula is C15H27N5O3. The van der Waals surface area contributed by atoms with Gasteiger partial charge in [-0.3, -0.25) is 4.99 Å². The summed E-state index contributed by atoms with van der Waals surface area (Å²) in [6.07, 6.45) is 3.16. The van der Waals surface area contributed by atoms with Crippen molar-refractivity contribution >= 4 is 5.96 Å². The summed E-state index contributed by atoms with van der Waals surface area (Å²) < 4.78 is 16.1. The van der Waals surface area contributed by atoms with Crippen LogP contribution in [-0.2, 0) is 16.0 Å². The summed E-state index contributed by atoms with van der Waals surface area (Å²) in [5.74, 6) is 2.55. The molecule has 1 saturated heterocycles. The Bertz CT molecular complexity index is 471. The number of rotatable bonds is 8. The summed E-state index contributed by atoms with van der Waals surface area (Å²) in [4.78, 5) is 8.28. The minimum atomic E-state index is 0.459. The minimum Gasteiger partial charge on any atom is -0.381 e. The molecule has 1 aliphatic heterocycles. The van der Waals surface area contributed by atoms with Crippen molar-refractivity contribution in [2.45, 2.75) is 32.7 Å². The largest absolute Gasteiger partial charge is 0.381 e. The van der Waals surface area contributed by atoms with E-state index >= 15 is 0 Å². The molecule has 0 bridgehead atoms. The fourth-order valence-corrected chi connectivity index (χ4v) is 2.34. The van der Waals surface area contributed by atoms with Crippen molar-refractivity contribution in [3.63, 3.8) is 0 Å². The first-order valence-electron chi connectivity index (χ1n) is 8.17. The van der Waals surface area contributed by atoms with E-state index in [1.54, 1.807) is 14.0 Å². The van der Waals surface area contributed by atoms with Gasteiger partial charge in [-0.1, -0.05) is 5.16 Å². The molecule has 0 saturated carbocycles. The van der Waals surface area contributed by atoms with E-state index in [-0.39, 0.29) is 0 Å². The Labute approximate surface area is 137 Å². The SMILES string of the molecule is CN=C(NCCCOCC1CCOCC1)NCc1nc(C)no1. The summed E-state index contributed by atoms with van der Waals surface area (Å²) in [7, 11) is 1.73. The number of hydrogen-bond donors (Lipinski definition) is 2. The summed E-state index contributed by atoms with van der Waals surface area (Å²) in [6, 6.07) is 0. The van der Waals surface area contributed by atoms with E-state index in [1.807, 2.05) is 0 Å². The molecule has 130 valence electrons. The maximum Gasteiger partial charge on any atom is 0.246 e. The number of aryl methyl sites for hydroxylation is 1. The van der Waals surface area contributed by atoms with Crippen molar-refractivity contribution in [1.82, 2.24) is 20.8 Å². The van der Waals surface area contributed by atoms with Gasteiger partial charge in [0.25, 0.3) is 0 Å². The third-order valence-electron chi connectivity index (χ3n) is 3.65. The average Bonchev–Trinajstić information content (AvgIpc) is 3.00. The highest BCUT2D eigenvalue weighted by Gasteiger charge is 2.13. The first-order valence-corrected chi connectivity index (χ1v) is 8.17. The van der Waals surface area contributed by atoms with Gasteiger partial charge in [0.05, 0.1) is 6.54 Å². The van der Waals surface area contributed by atoms with Crippen LogP contribution in [0.2, 0.25) is 0 Å². The normalized spacial score (nSPS) is 16.5. The Morgan fingerprint density at radius 3 is 2.87 bits per heavy atom. The zero-order valence-electron chi connectivity index (χ0n) is 14.0. The van der Waals surface area contributed by atoms with Crippen molar-refractivity contribution in [2.75, 3.05) is 40.0 Å². The molecule has 1 aromatic rings. The summed E-state index contributed by atoms with van der Waals surface area (Å²) in [6.45, 7) is 6.39. The predicted molar refractivity (Wildman–Crippen MR) is 86.2 cm³/mol. The Morgan fingerprint density at radius 1 is 1.35 bits per heavy atom. The number of aliphatic imine (C=N–C) groups is 1. The number of aromatic nitrogens is 2. The summed E-state index contributed by atoms with van der Waals surface area (Å²) in [5, 5.41) is 10.1. The lowest BCUT2D eigenvalue weighted by Crippen LogP contribution is -2.37. The van der Waals surface area contributed by atoms with E-state index in [0.29, 0.717) is 30.1 Å². The fraction of sp³-hybridized carbons (Fsp3) is 0.800. The molecule has 2 heterocycles. The van der Waals surface area contributed by atoms with E-state index in [4.69, 9.17) is 14.0 Å². The molecule has 1 aromatic heterocycles. The van der Waals surface area contributed by atoms with Gasteiger partial charge in [0.2, 0.25) is 5.89 Å². The van der Waals surface area contributed by atoms with E-state index in [2.05, 4.69) is 25.8 Å². The second-order valence-electron chi connectivity index (χ2n) is 5.57. The molecule has 0 amide bonds. The third kappa shape index (κ3) is 6.96. The molecule has 0 aromatic carbocycles. The Kier molecular flexibility index (Phi) is 7.82. The molecule has 0 unspecified atom stereocenters. The van der Waals surface area contributed by atoms with Crippen LogP contribution in [0.4, 0.5) is 0 Å². The van der Waals surface area contributed by atoms with Gasteiger partial charge < -0.3 is 24.6 Å². The topological polar surface area (TPSA) is 93.8 Å². The van der Waals surface area contributed by atoms with Crippen LogP contribution in [0, 0.1) is 12.8 Å². The quantitative estimate of drug-likeness (QED) is 0.416. The molecule has 0 radical (unpaired) electrons. The van der Waals surface area contributed by atoms with Gasteiger partial charge >= 0.3 is 0 Å². The minimum absolute atomic E-state index is 0.459. The first kappa shape index (κ1) is 17.7. The molecule has 1 aliphatic rings. The van der Waals surface area contributed by atoms with Crippen LogP contribution in [0.15, 0.2) is 9.52 Å². The zero-order valence-corrected chi connectivity index (χ0v) is 14.0. The molecule has 23 heavy (non-hydrogen) atoms. The first-order chi connectivity index (χ1) is 11.3. The highest BCUT2D eigenvalue weighted by molar-refractivity contribution is 5.79. The van der Waals surface area contributed by atoms with Gasteiger partial charge in [-0.15, -0.1) is 0 Å². The second kappa shape index (κ2) is 10.2. The Balaban J connectivity index is 1.50. The molecule has 8 heteroatoms. The summed E-state index contributed by atoms with van der Waals surface area (Å²) in [5.41, 5.74) is 0. The van der Waals surface area contributed by atoms with Gasteiger partial charge in [0.1, 0.15) is 0 Å². The molecule has 0 spiro atoms. The van der Waals surface area contributed by atoms with Crippen LogP contribution in [0.5, 0.6) is 0 Å². The van der Waals surface area contributed by atoms with Crippen LogP contribution < -0.4 is 10.6 Å². The number of nitrogens with one attached hydrogen (secondary N) is 2. The van der Waals surface area contributed by atoms with Crippen LogP contribution in [0.25, 0.3) is 0 Å². The zero-order chi connectivity index (χ0) is 16.3. The van der Waals surface area contributed by atoms with Gasteiger partial charge in [-0.25, -0.2) is 0 Å². The van der Waals surface area contributed by atoms with Crippen LogP contribution in [-0.4, -0.2) is 56.1 Å². The second-order valence-corrected chi connectivity index (χ2v) is 5.57. The number of nitrogens with zero attached hydrogens (tertiary/aromatic N) is 3. The van der Waals surface area contributed by atoms with Crippen molar-refractivity contribution in [3.05, 3.63) is 11.7 Å². The van der Waals surface area contributed by atoms with Crippen molar-refractivity contribution in [2.24, 2.45) is 10.9 Å². The van der Waals surface area contributed by atoms with Gasteiger partial charge in [-0.2, -0.15) is 4.98 Å². The number of ether oxygens (including phenoxy) is 2. The van der Waals surface area contributed by atoms with Crippen molar-refractivity contribution in [1.29, 1.82) is 0 Å². The van der Waals surface area contributed by atoms with E-state index in [9.17, 15) is 0 Å². The van der Waals surface area contributed by atoms with Gasteiger partial charge in [-0.05, 0) is 32.1 Å². The van der Waals surface area contributed by atoms with Crippen molar-refractivity contribution < 1.29 is 14.0 Å². The number of hydrogen-bond acceptors (Lipinski definition) is 6. The van der Waals surface area contributed by atoms with Crippen LogP contribution >= 0.6 is 0 Å². The standard InChI is InChI=1S/C15H27N5O3/c1-12-19-14(23-20-12)10-18-15(16-2)17-6-3-7-22-11-13-4-8-21-9-5-13/h13H,3-11H2,1-2H3,(H2,16,17,18). The highest BCUT2D eigenvalue weighted by Crippen LogP contribution is 2.14. The van der Waals surface area contributed by atoms with Gasteiger partial charge in [0, 0.05) is 40.0 Å². The average molecular weight is 325 g/mol. The fourth-order valence-electron chi connectivity index (χ4n) is 2.34. The van der Waals surface area contributed by atoms with Gasteiger partial charge in [0.15, 0.2) is 11.8 Å². The van der Waals surface area contributed by atoms with Crippen molar-refractivity contribution in [3.8, 4) is 0 Å². The van der Waals surface area contributed by atoms with E-state index in [1.165, 1.54) is 0 Å². The number of guanidine groups is 1. The molecule has 8 nitrogen and oxygen atoms in total. The smallest absolute Gasteiger partial charge is 0.246 e. The van der Waals surface area contributed by atoms with Crippen LogP contribution in [0.3, 0.4) is 0 Å². The maximum absolute atomic E-state index is 5.73. The molecule has 0 atom stereocenters. The Morgan fingerprint density at radius 2 is 2.17 bits per heavy atom.